The highest BCUT2D eigenvalue weighted by Crippen LogP contribution is 2.27. The summed E-state index contributed by atoms with van der Waals surface area (Å²) in [5, 5.41) is 0. The molecule has 6 nitrogen and oxygen atoms in total. The second-order valence-corrected chi connectivity index (χ2v) is 7.36. The number of fused-ring (bicyclic) bond motifs is 1. The van der Waals surface area contributed by atoms with Crippen molar-refractivity contribution in [2.75, 3.05) is 11.4 Å². The Morgan fingerprint density at radius 2 is 2.00 bits per heavy atom. The summed E-state index contributed by atoms with van der Waals surface area (Å²) in [7, 11) is 2.13. The van der Waals surface area contributed by atoms with Crippen LogP contribution in [0.2, 0.25) is 0 Å². The molecule has 140 valence electrons. The molecule has 0 amide bonds. The number of rotatable bonds is 4. The van der Waals surface area contributed by atoms with E-state index in [0.29, 0.717) is 11.7 Å². The first-order valence-corrected chi connectivity index (χ1v) is 9.65. The van der Waals surface area contributed by atoms with Crippen molar-refractivity contribution in [2.24, 2.45) is 7.05 Å². The Hall–Kier alpha value is -2.76. The first-order valence-electron chi connectivity index (χ1n) is 9.65. The first kappa shape index (κ1) is 17.6. The number of hydrogen-bond donors (Lipinski definition) is 0. The van der Waals surface area contributed by atoms with Crippen molar-refractivity contribution >= 4 is 5.82 Å². The molecule has 4 heterocycles. The standard InChI is InChI=1S/C21H26N6/c1-5-15-12-19(25-20(23-15)16-8-6-7-10-22-16)27-11-9-18-17(13-27)24-21(14(2)3)26(18)4/h6-8,10,12,14H,5,9,11,13H2,1-4H3. The number of nitrogens with zero attached hydrogens (tertiary/aromatic N) is 6. The van der Waals surface area contributed by atoms with Crippen molar-refractivity contribution in [1.29, 1.82) is 0 Å². The van der Waals surface area contributed by atoms with Crippen molar-refractivity contribution in [3.63, 3.8) is 0 Å². The van der Waals surface area contributed by atoms with Crippen LogP contribution in [0.15, 0.2) is 30.5 Å². The van der Waals surface area contributed by atoms with E-state index in [9.17, 15) is 0 Å². The highest BCUT2D eigenvalue weighted by molar-refractivity contribution is 5.54. The van der Waals surface area contributed by atoms with Crippen LogP contribution in [0.4, 0.5) is 5.82 Å². The summed E-state index contributed by atoms with van der Waals surface area (Å²) in [5.41, 5.74) is 4.37. The fourth-order valence-corrected chi connectivity index (χ4v) is 3.70. The van der Waals surface area contributed by atoms with Crippen molar-refractivity contribution in [2.45, 2.75) is 46.1 Å². The Balaban J connectivity index is 1.69. The van der Waals surface area contributed by atoms with Crippen LogP contribution in [0, 0.1) is 0 Å². The van der Waals surface area contributed by atoms with Crippen LogP contribution in [0.3, 0.4) is 0 Å². The van der Waals surface area contributed by atoms with Crippen molar-refractivity contribution < 1.29 is 0 Å². The maximum atomic E-state index is 4.91. The summed E-state index contributed by atoms with van der Waals surface area (Å²) in [5.74, 6) is 3.24. The van der Waals surface area contributed by atoms with Crippen molar-refractivity contribution in [1.82, 2.24) is 24.5 Å². The van der Waals surface area contributed by atoms with Crippen LogP contribution < -0.4 is 4.90 Å². The van der Waals surface area contributed by atoms with Crippen LogP contribution >= 0.6 is 0 Å². The van der Waals surface area contributed by atoms with E-state index in [1.54, 1.807) is 6.20 Å². The molecule has 0 aromatic carbocycles. The van der Waals surface area contributed by atoms with Crippen molar-refractivity contribution in [3.8, 4) is 11.5 Å². The molecule has 0 saturated heterocycles. The van der Waals surface area contributed by atoms with Crippen LogP contribution in [-0.4, -0.2) is 31.0 Å². The molecule has 6 heteroatoms. The molecular formula is C21H26N6. The third-order valence-corrected chi connectivity index (χ3v) is 5.15. The topological polar surface area (TPSA) is 59.7 Å². The van der Waals surface area contributed by atoms with Gasteiger partial charge in [0, 0.05) is 49.6 Å². The predicted octanol–water partition coefficient (Wildman–Crippen LogP) is 3.52. The number of hydrogen-bond acceptors (Lipinski definition) is 5. The van der Waals surface area contributed by atoms with Gasteiger partial charge in [-0.2, -0.15) is 0 Å². The monoisotopic (exact) mass is 362 g/mol. The fraction of sp³-hybridized carbons (Fsp3) is 0.429. The third kappa shape index (κ3) is 3.31. The highest BCUT2D eigenvalue weighted by atomic mass is 15.2. The third-order valence-electron chi connectivity index (χ3n) is 5.15. The highest BCUT2D eigenvalue weighted by Gasteiger charge is 2.25. The summed E-state index contributed by atoms with van der Waals surface area (Å²) < 4.78 is 2.27. The average molecular weight is 362 g/mol. The second-order valence-electron chi connectivity index (χ2n) is 7.36. The minimum absolute atomic E-state index is 0.426. The lowest BCUT2D eigenvalue weighted by atomic mass is 10.1. The number of anilines is 1. The number of imidazole rings is 1. The lowest BCUT2D eigenvalue weighted by molar-refractivity contribution is 0.658. The lowest BCUT2D eigenvalue weighted by Crippen LogP contribution is -2.32. The van der Waals surface area contributed by atoms with Gasteiger partial charge in [0.05, 0.1) is 12.2 Å². The quantitative estimate of drug-likeness (QED) is 0.711. The first-order chi connectivity index (χ1) is 13.1. The Bertz CT molecular complexity index is 945. The number of aryl methyl sites for hydroxylation is 1. The molecule has 4 rings (SSSR count). The van der Waals surface area contributed by atoms with Gasteiger partial charge in [-0.25, -0.2) is 15.0 Å². The van der Waals surface area contributed by atoms with Gasteiger partial charge in [0.25, 0.3) is 0 Å². The van der Waals surface area contributed by atoms with Crippen LogP contribution in [0.5, 0.6) is 0 Å². The molecule has 0 radical (unpaired) electrons. The molecule has 1 aliphatic heterocycles. The zero-order chi connectivity index (χ0) is 19.0. The second kappa shape index (κ2) is 7.10. The Morgan fingerprint density at radius 1 is 1.15 bits per heavy atom. The molecule has 0 bridgehead atoms. The van der Waals surface area contributed by atoms with Crippen LogP contribution in [0.25, 0.3) is 11.5 Å². The summed E-state index contributed by atoms with van der Waals surface area (Å²) in [4.78, 5) is 21.2. The zero-order valence-corrected chi connectivity index (χ0v) is 16.5. The van der Waals surface area contributed by atoms with E-state index >= 15 is 0 Å². The Labute approximate surface area is 160 Å². The van der Waals surface area contributed by atoms with E-state index in [4.69, 9.17) is 9.97 Å². The molecule has 0 aliphatic carbocycles. The van der Waals surface area contributed by atoms with E-state index in [2.05, 4.69) is 53.3 Å². The maximum absolute atomic E-state index is 4.91. The molecule has 0 saturated carbocycles. The molecule has 0 N–H and O–H groups in total. The summed E-state index contributed by atoms with van der Waals surface area (Å²) in [6, 6.07) is 7.94. The van der Waals surface area contributed by atoms with E-state index < -0.39 is 0 Å². The van der Waals surface area contributed by atoms with Gasteiger partial charge in [-0.15, -0.1) is 0 Å². The Kier molecular flexibility index (Phi) is 4.64. The van der Waals surface area contributed by atoms with E-state index in [0.717, 1.165) is 49.0 Å². The van der Waals surface area contributed by atoms with Gasteiger partial charge in [-0.05, 0) is 18.6 Å². The van der Waals surface area contributed by atoms with Gasteiger partial charge in [-0.1, -0.05) is 26.8 Å². The minimum atomic E-state index is 0.426. The molecule has 1 aliphatic rings. The number of pyridine rings is 1. The normalized spacial score (nSPS) is 13.9. The summed E-state index contributed by atoms with van der Waals surface area (Å²) in [6.45, 7) is 8.24. The molecule has 0 fully saturated rings. The van der Waals surface area contributed by atoms with Crippen molar-refractivity contribution in [3.05, 3.63) is 53.4 Å². The molecular weight excluding hydrogens is 336 g/mol. The Morgan fingerprint density at radius 3 is 2.70 bits per heavy atom. The smallest absolute Gasteiger partial charge is 0.180 e. The lowest BCUT2D eigenvalue weighted by Gasteiger charge is -2.28. The maximum Gasteiger partial charge on any atom is 0.180 e. The van der Waals surface area contributed by atoms with Gasteiger partial charge in [-0.3, -0.25) is 4.98 Å². The molecule has 0 unspecified atom stereocenters. The molecule has 27 heavy (non-hydrogen) atoms. The predicted molar refractivity (Wildman–Crippen MR) is 107 cm³/mol. The molecule has 0 spiro atoms. The van der Waals surface area contributed by atoms with Gasteiger partial charge in [0.1, 0.15) is 17.3 Å². The molecule has 0 atom stereocenters. The van der Waals surface area contributed by atoms with E-state index in [-0.39, 0.29) is 0 Å². The van der Waals surface area contributed by atoms with Gasteiger partial charge in [0.2, 0.25) is 0 Å². The van der Waals surface area contributed by atoms with Crippen LogP contribution in [-0.2, 0) is 26.4 Å². The van der Waals surface area contributed by atoms with Gasteiger partial charge < -0.3 is 9.47 Å². The number of aromatic nitrogens is 5. The van der Waals surface area contributed by atoms with E-state index in [1.165, 1.54) is 11.4 Å². The SMILES string of the molecule is CCc1cc(N2CCc3c(nc(C(C)C)n3C)C2)nc(-c2ccccn2)n1. The summed E-state index contributed by atoms with van der Waals surface area (Å²) in [6.07, 6.45) is 3.64. The molecule has 3 aromatic rings. The van der Waals surface area contributed by atoms with Crippen LogP contribution in [0.1, 0.15) is 49.6 Å². The minimum Gasteiger partial charge on any atom is -0.350 e. The fourth-order valence-electron chi connectivity index (χ4n) is 3.70. The molecule has 3 aromatic heterocycles. The van der Waals surface area contributed by atoms with E-state index in [1.807, 2.05) is 18.2 Å². The van der Waals surface area contributed by atoms with Gasteiger partial charge in [0.15, 0.2) is 5.82 Å². The zero-order valence-electron chi connectivity index (χ0n) is 16.5. The average Bonchev–Trinajstić information content (AvgIpc) is 3.04. The largest absolute Gasteiger partial charge is 0.350 e. The summed E-state index contributed by atoms with van der Waals surface area (Å²) >= 11 is 0. The van der Waals surface area contributed by atoms with Gasteiger partial charge >= 0.3 is 0 Å².